The number of hydrogen-bond donors (Lipinski definition) is 0. The summed E-state index contributed by atoms with van der Waals surface area (Å²) in [6, 6.07) is 0. The summed E-state index contributed by atoms with van der Waals surface area (Å²) in [5.41, 5.74) is 2.55. The Kier molecular flexibility index (Phi) is 4.91. The minimum Gasteiger partial charge on any atom is -0.0956 e. The van der Waals surface area contributed by atoms with Crippen molar-refractivity contribution in [1.82, 2.24) is 0 Å². The normalized spacial score (nSPS) is 19.1. The summed E-state index contributed by atoms with van der Waals surface area (Å²) in [6.07, 6.45) is 4.99. The number of rotatable bonds is 0. The molecule has 1 aliphatic carbocycles. The maximum Gasteiger partial charge on any atom is 2.00 e. The second-order valence-corrected chi connectivity index (χ2v) is 2.41. The molecule has 0 spiro atoms. The zero-order valence-corrected chi connectivity index (χ0v) is 8.16. The first-order valence-electron chi connectivity index (χ1n) is 3.16. The van der Waals surface area contributed by atoms with E-state index >= 15 is 0 Å². The molecule has 44 valence electrons. The van der Waals surface area contributed by atoms with Crippen LogP contribution in [0.5, 0.6) is 0 Å². The van der Waals surface area contributed by atoms with Gasteiger partial charge in [-0.05, 0) is 25.7 Å². The largest absolute Gasteiger partial charge is 2.00 e. The molecule has 1 heteroatoms. The van der Waals surface area contributed by atoms with Crippen molar-refractivity contribution in [3.63, 3.8) is 0 Å². The molecule has 0 N–H and O–H groups in total. The van der Waals surface area contributed by atoms with Gasteiger partial charge in [0.25, 0.3) is 0 Å². The van der Waals surface area contributed by atoms with Gasteiger partial charge in [-0.15, -0.1) is 0 Å². The summed E-state index contributed by atoms with van der Waals surface area (Å²) in [6.45, 7) is 7.79. The van der Waals surface area contributed by atoms with Crippen LogP contribution in [0.1, 0.15) is 25.7 Å². The van der Waals surface area contributed by atoms with Gasteiger partial charge in [-0.2, -0.15) is 0 Å². The van der Waals surface area contributed by atoms with E-state index in [0.717, 1.165) is 0 Å². The second kappa shape index (κ2) is 4.54. The van der Waals surface area contributed by atoms with Gasteiger partial charge in [0.05, 0.1) is 0 Å². The van der Waals surface area contributed by atoms with Crippen LogP contribution in [0, 0.1) is 0 Å². The third-order valence-electron chi connectivity index (χ3n) is 1.71. The maximum atomic E-state index is 3.90. The molecule has 0 nitrogen and oxygen atoms in total. The van der Waals surface area contributed by atoms with Gasteiger partial charge < -0.3 is 0 Å². The molecule has 0 unspecified atom stereocenters. The van der Waals surface area contributed by atoms with Crippen molar-refractivity contribution in [2.75, 3.05) is 0 Å². The van der Waals surface area contributed by atoms with Crippen LogP contribution in [0.3, 0.4) is 0 Å². The fourth-order valence-electron chi connectivity index (χ4n) is 1.03. The fraction of sp³-hybridized carbons (Fsp3) is 0.500. The Bertz CT molecular complexity index is 109. The van der Waals surface area contributed by atoms with Crippen molar-refractivity contribution >= 4 is 37.7 Å². The Labute approximate surface area is 87.0 Å². The fourth-order valence-corrected chi connectivity index (χ4v) is 1.03. The summed E-state index contributed by atoms with van der Waals surface area (Å²) in [5, 5.41) is 0. The van der Waals surface area contributed by atoms with E-state index in [-0.39, 0.29) is 37.7 Å². The quantitative estimate of drug-likeness (QED) is 0.462. The molecule has 0 aromatic carbocycles. The van der Waals surface area contributed by atoms with Gasteiger partial charge in [-0.1, -0.05) is 24.3 Å². The van der Waals surface area contributed by atoms with Crippen molar-refractivity contribution in [1.29, 1.82) is 0 Å². The Morgan fingerprint density at radius 2 is 1.22 bits per heavy atom. The van der Waals surface area contributed by atoms with Crippen LogP contribution in [-0.4, -0.2) is 37.7 Å². The average molecular weight is 148 g/mol. The van der Waals surface area contributed by atoms with Crippen molar-refractivity contribution in [2.45, 2.75) is 25.7 Å². The Morgan fingerprint density at radius 3 is 1.44 bits per heavy atom. The first-order chi connectivity index (χ1) is 3.80. The molecule has 1 aliphatic rings. The molecule has 0 aromatic heterocycles. The molecule has 0 aliphatic heterocycles. The predicted octanol–water partition coefficient (Wildman–Crippen LogP) is 2.29. The van der Waals surface area contributed by atoms with Gasteiger partial charge >= 0.3 is 37.7 Å². The van der Waals surface area contributed by atoms with Crippen LogP contribution in [-0.2, 0) is 0 Å². The molecule has 0 amide bonds. The smallest absolute Gasteiger partial charge is 0.0956 e. The summed E-state index contributed by atoms with van der Waals surface area (Å²) in [5.74, 6) is 0. The minimum atomic E-state index is 0. The zero-order valence-electron chi connectivity index (χ0n) is 5.95. The van der Waals surface area contributed by atoms with Crippen LogP contribution in [0.25, 0.3) is 0 Å². The van der Waals surface area contributed by atoms with Crippen molar-refractivity contribution < 1.29 is 0 Å². The SMILES string of the molecule is C=C1CCCCC1=C.[Ca+2]. The Morgan fingerprint density at radius 1 is 0.889 bits per heavy atom. The van der Waals surface area contributed by atoms with E-state index in [4.69, 9.17) is 0 Å². The third kappa shape index (κ3) is 2.88. The molecule has 1 saturated carbocycles. The van der Waals surface area contributed by atoms with E-state index in [1.165, 1.54) is 36.8 Å². The Hall–Kier alpha value is 0.740. The molecule has 0 aromatic rings. The molecule has 1 rings (SSSR count). The van der Waals surface area contributed by atoms with Crippen molar-refractivity contribution in [3.05, 3.63) is 24.3 Å². The first kappa shape index (κ1) is 9.74. The van der Waals surface area contributed by atoms with Crippen LogP contribution in [0.4, 0.5) is 0 Å². The summed E-state index contributed by atoms with van der Waals surface area (Å²) < 4.78 is 0. The molecular formula is C8H12Ca+2. The van der Waals surface area contributed by atoms with Gasteiger partial charge in [0, 0.05) is 0 Å². The molecule has 0 saturated heterocycles. The topological polar surface area (TPSA) is 0 Å². The molecule has 0 radical (unpaired) electrons. The third-order valence-corrected chi connectivity index (χ3v) is 1.71. The summed E-state index contributed by atoms with van der Waals surface area (Å²) in [7, 11) is 0. The van der Waals surface area contributed by atoms with E-state index in [0.29, 0.717) is 0 Å². The molecular weight excluding hydrogens is 136 g/mol. The summed E-state index contributed by atoms with van der Waals surface area (Å²) >= 11 is 0. The minimum absolute atomic E-state index is 0. The van der Waals surface area contributed by atoms with Crippen LogP contribution >= 0.6 is 0 Å². The maximum absolute atomic E-state index is 3.90. The number of hydrogen-bond acceptors (Lipinski definition) is 0. The summed E-state index contributed by atoms with van der Waals surface area (Å²) in [4.78, 5) is 0. The average Bonchev–Trinajstić information content (AvgIpc) is 1.77. The van der Waals surface area contributed by atoms with E-state index in [2.05, 4.69) is 13.2 Å². The van der Waals surface area contributed by atoms with Crippen LogP contribution in [0.2, 0.25) is 0 Å². The van der Waals surface area contributed by atoms with Gasteiger partial charge in [0.15, 0.2) is 0 Å². The van der Waals surface area contributed by atoms with Gasteiger partial charge in [-0.25, -0.2) is 0 Å². The van der Waals surface area contributed by atoms with E-state index < -0.39 is 0 Å². The molecule has 0 heterocycles. The van der Waals surface area contributed by atoms with Crippen molar-refractivity contribution in [3.8, 4) is 0 Å². The number of allylic oxidation sites excluding steroid dienone is 2. The molecule has 0 atom stereocenters. The van der Waals surface area contributed by atoms with Gasteiger partial charge in [-0.3, -0.25) is 0 Å². The van der Waals surface area contributed by atoms with Crippen molar-refractivity contribution in [2.24, 2.45) is 0 Å². The van der Waals surface area contributed by atoms with E-state index in [9.17, 15) is 0 Å². The predicted molar refractivity (Wildman–Crippen MR) is 42.5 cm³/mol. The second-order valence-electron chi connectivity index (χ2n) is 2.41. The molecule has 9 heavy (non-hydrogen) atoms. The molecule has 0 bridgehead atoms. The van der Waals surface area contributed by atoms with Crippen LogP contribution in [0.15, 0.2) is 24.3 Å². The zero-order chi connectivity index (χ0) is 5.98. The van der Waals surface area contributed by atoms with E-state index in [1.807, 2.05) is 0 Å². The monoisotopic (exact) mass is 148 g/mol. The molecule has 1 fully saturated rings. The van der Waals surface area contributed by atoms with Gasteiger partial charge in [0.1, 0.15) is 0 Å². The van der Waals surface area contributed by atoms with Crippen LogP contribution < -0.4 is 0 Å². The van der Waals surface area contributed by atoms with Gasteiger partial charge in [0.2, 0.25) is 0 Å². The Balaban J connectivity index is 0.000000640. The van der Waals surface area contributed by atoms with E-state index in [1.54, 1.807) is 0 Å². The standard InChI is InChI=1S/C8H12.Ca/c1-7-5-3-4-6-8(7)2;/h1-6H2;/q;+2. The first-order valence-corrected chi connectivity index (χ1v) is 3.16.